The quantitative estimate of drug-likeness (QED) is 0.471. The Balaban J connectivity index is 0.00000385. The third-order valence-corrected chi connectivity index (χ3v) is 6.01. The Morgan fingerprint density at radius 1 is 1.19 bits per heavy atom. The third kappa shape index (κ3) is 6.08. The molecule has 8 heteroatoms. The number of rotatable bonds is 8. The Labute approximate surface area is 190 Å². The van der Waals surface area contributed by atoms with Gasteiger partial charge < -0.3 is 19.4 Å². The van der Waals surface area contributed by atoms with Crippen molar-refractivity contribution in [3.63, 3.8) is 0 Å². The molecule has 1 fully saturated rings. The van der Waals surface area contributed by atoms with E-state index in [1.165, 1.54) is 17.7 Å². The minimum absolute atomic E-state index is 0. The Kier molecular flexibility index (Phi) is 8.25. The number of oxazole rings is 1. The van der Waals surface area contributed by atoms with Gasteiger partial charge in [0, 0.05) is 15.5 Å². The number of benzene rings is 1. The van der Waals surface area contributed by atoms with Gasteiger partial charge in [-0.2, -0.15) is 0 Å². The highest BCUT2D eigenvalue weighted by atomic mass is 16.6. The van der Waals surface area contributed by atoms with Gasteiger partial charge in [0.1, 0.15) is 11.6 Å². The first-order valence-corrected chi connectivity index (χ1v) is 11.5. The van der Waals surface area contributed by atoms with Crippen LogP contribution in [0.1, 0.15) is 70.4 Å². The van der Waals surface area contributed by atoms with Crippen LogP contribution in [0.15, 0.2) is 28.7 Å². The highest BCUT2D eigenvalue weighted by Gasteiger charge is 2.31. The lowest BCUT2D eigenvalue weighted by molar-refractivity contribution is -0.138. The minimum Gasteiger partial charge on any atom is -0.436 e. The maximum absolute atomic E-state index is 12.9. The number of para-hydroxylation sites is 2. The lowest BCUT2D eigenvalue weighted by Crippen LogP contribution is -2.45. The fraction of sp³-hybridized carbons (Fsp3) is 0.583. The SMILES string of the molecule is CC[C@H](NC(=O)O[C@@H](CC1CCCCCC1)C(=O)N(C)C)C(=O)c1nc2ccccc2o1.[HH]. The number of ether oxygens (including phenoxy) is 1. The second-order valence-corrected chi connectivity index (χ2v) is 8.68. The van der Waals surface area contributed by atoms with Crippen molar-refractivity contribution in [3.8, 4) is 0 Å². The van der Waals surface area contributed by atoms with Gasteiger partial charge in [-0.25, -0.2) is 9.78 Å². The van der Waals surface area contributed by atoms with Gasteiger partial charge in [0.15, 0.2) is 11.7 Å². The molecule has 8 nitrogen and oxygen atoms in total. The highest BCUT2D eigenvalue weighted by molar-refractivity contribution is 5.99. The number of Topliss-reactive ketones (excluding diaryl/α,β-unsaturated/α-hetero) is 1. The lowest BCUT2D eigenvalue weighted by atomic mass is 9.93. The van der Waals surface area contributed by atoms with Crippen molar-refractivity contribution in [2.45, 2.75) is 70.4 Å². The summed E-state index contributed by atoms with van der Waals surface area (Å²) >= 11 is 0. The average Bonchev–Trinajstić information content (AvgIpc) is 3.05. The molecule has 1 aliphatic carbocycles. The van der Waals surface area contributed by atoms with Crippen molar-refractivity contribution < 1.29 is 25.0 Å². The summed E-state index contributed by atoms with van der Waals surface area (Å²) in [4.78, 5) is 43.9. The van der Waals surface area contributed by atoms with E-state index >= 15 is 0 Å². The van der Waals surface area contributed by atoms with Gasteiger partial charge >= 0.3 is 6.09 Å². The summed E-state index contributed by atoms with van der Waals surface area (Å²) in [6.45, 7) is 1.78. The first-order chi connectivity index (χ1) is 15.4. The van der Waals surface area contributed by atoms with Crippen LogP contribution in [-0.2, 0) is 9.53 Å². The van der Waals surface area contributed by atoms with Crippen LogP contribution >= 0.6 is 0 Å². The summed E-state index contributed by atoms with van der Waals surface area (Å²) in [6.07, 6.45) is 5.95. The van der Waals surface area contributed by atoms with Crippen LogP contribution < -0.4 is 5.32 Å². The lowest BCUT2D eigenvalue weighted by Gasteiger charge is -2.25. The molecule has 176 valence electrons. The number of carbonyl (C=O) groups is 3. The second-order valence-electron chi connectivity index (χ2n) is 8.68. The zero-order valence-corrected chi connectivity index (χ0v) is 19.1. The molecule has 2 aromatic rings. The predicted molar refractivity (Wildman–Crippen MR) is 122 cm³/mol. The third-order valence-electron chi connectivity index (χ3n) is 6.01. The number of hydrogen-bond donors (Lipinski definition) is 1. The first-order valence-electron chi connectivity index (χ1n) is 11.5. The number of nitrogens with zero attached hydrogens (tertiary/aromatic N) is 2. The molecule has 0 spiro atoms. The summed E-state index contributed by atoms with van der Waals surface area (Å²) in [5, 5.41) is 2.60. The van der Waals surface area contributed by atoms with E-state index < -0.39 is 24.0 Å². The molecular weight excluding hydrogens is 410 g/mol. The van der Waals surface area contributed by atoms with Crippen molar-refractivity contribution >= 4 is 28.9 Å². The van der Waals surface area contributed by atoms with Crippen LogP contribution in [0.3, 0.4) is 0 Å². The summed E-state index contributed by atoms with van der Waals surface area (Å²) < 4.78 is 11.1. The van der Waals surface area contributed by atoms with Gasteiger partial charge in [0.25, 0.3) is 11.8 Å². The molecule has 0 unspecified atom stereocenters. The fourth-order valence-electron chi connectivity index (χ4n) is 4.17. The molecule has 0 aliphatic heterocycles. The molecule has 1 aliphatic rings. The Bertz CT molecular complexity index is 904. The van der Waals surface area contributed by atoms with Crippen molar-refractivity contribution in [2.75, 3.05) is 14.1 Å². The number of aromatic nitrogens is 1. The number of fused-ring (bicyclic) bond motifs is 1. The number of ketones is 1. The summed E-state index contributed by atoms with van der Waals surface area (Å²) in [7, 11) is 3.30. The molecule has 1 N–H and O–H groups in total. The van der Waals surface area contributed by atoms with E-state index in [1.54, 1.807) is 39.2 Å². The van der Waals surface area contributed by atoms with Gasteiger partial charge in [0.2, 0.25) is 5.78 Å². The van der Waals surface area contributed by atoms with Crippen LogP contribution in [0.2, 0.25) is 0 Å². The molecule has 0 saturated heterocycles. The molecule has 0 bridgehead atoms. The van der Waals surface area contributed by atoms with E-state index in [2.05, 4.69) is 10.3 Å². The number of alkyl carbamates (subject to hydrolysis) is 1. The normalized spacial score (nSPS) is 16.7. The molecule has 0 radical (unpaired) electrons. The van der Waals surface area contributed by atoms with Gasteiger partial charge in [-0.15, -0.1) is 0 Å². The maximum atomic E-state index is 12.9. The maximum Gasteiger partial charge on any atom is 0.408 e. The van der Waals surface area contributed by atoms with Gasteiger partial charge in [0.05, 0.1) is 0 Å². The molecular formula is C24H35N3O5. The molecule has 32 heavy (non-hydrogen) atoms. The number of hydrogen-bond acceptors (Lipinski definition) is 6. The minimum atomic E-state index is -0.870. The van der Waals surface area contributed by atoms with E-state index in [0.717, 1.165) is 25.7 Å². The second kappa shape index (κ2) is 11.1. The first kappa shape index (κ1) is 23.8. The Morgan fingerprint density at radius 2 is 1.88 bits per heavy atom. The van der Waals surface area contributed by atoms with Crippen LogP contribution in [0.5, 0.6) is 0 Å². The van der Waals surface area contributed by atoms with Crippen LogP contribution in [0, 0.1) is 5.92 Å². The predicted octanol–water partition coefficient (Wildman–Crippen LogP) is 4.58. The molecule has 1 saturated carbocycles. The van der Waals surface area contributed by atoms with Gasteiger partial charge in [-0.05, 0) is 30.9 Å². The average molecular weight is 446 g/mol. The number of nitrogens with one attached hydrogen (secondary N) is 1. The molecule has 1 aromatic carbocycles. The molecule has 1 heterocycles. The molecule has 3 rings (SSSR count). The molecule has 2 amide bonds. The van der Waals surface area contributed by atoms with E-state index in [1.807, 2.05) is 6.07 Å². The highest BCUT2D eigenvalue weighted by Crippen LogP contribution is 2.27. The number of likely N-dealkylation sites (N-methyl/N-ethyl adjacent to an activating group) is 1. The van der Waals surface area contributed by atoms with Gasteiger partial charge in [-0.3, -0.25) is 9.59 Å². The van der Waals surface area contributed by atoms with Crippen LogP contribution in [0.25, 0.3) is 11.1 Å². The number of carbonyl (C=O) groups excluding carboxylic acids is 3. The van der Waals surface area contributed by atoms with Crippen molar-refractivity contribution in [3.05, 3.63) is 30.2 Å². The van der Waals surface area contributed by atoms with Crippen LogP contribution in [0.4, 0.5) is 4.79 Å². The van der Waals surface area contributed by atoms with E-state index in [4.69, 9.17) is 9.15 Å². The standard InChI is InChI=1S/C24H33N3O5.H2/c1-4-17(21(28)22-25-18-13-9-10-14-19(18)31-22)26-24(30)32-20(23(29)27(2)3)15-16-11-7-5-6-8-12-16;/h9-10,13-14,16-17,20H,4-8,11-12,15H2,1-3H3,(H,26,30);1H/t17-,20-;/m0./s1. The Hall–Kier alpha value is -2.90. The summed E-state index contributed by atoms with van der Waals surface area (Å²) in [5.74, 6) is -0.386. The van der Waals surface area contributed by atoms with E-state index in [0.29, 0.717) is 29.9 Å². The smallest absolute Gasteiger partial charge is 0.408 e. The summed E-state index contributed by atoms with van der Waals surface area (Å²) in [5.41, 5.74) is 1.08. The molecule has 2 atom stereocenters. The topological polar surface area (TPSA) is 102 Å². The zero-order valence-electron chi connectivity index (χ0n) is 19.1. The summed E-state index contributed by atoms with van der Waals surface area (Å²) in [6, 6.07) is 6.23. The van der Waals surface area contributed by atoms with Gasteiger partial charge in [-0.1, -0.05) is 57.6 Å². The fourth-order valence-corrected chi connectivity index (χ4v) is 4.17. The van der Waals surface area contributed by atoms with Crippen molar-refractivity contribution in [1.82, 2.24) is 15.2 Å². The van der Waals surface area contributed by atoms with Crippen LogP contribution in [-0.4, -0.2) is 53.9 Å². The monoisotopic (exact) mass is 445 g/mol. The van der Waals surface area contributed by atoms with E-state index in [-0.39, 0.29) is 13.2 Å². The van der Waals surface area contributed by atoms with E-state index in [9.17, 15) is 14.4 Å². The largest absolute Gasteiger partial charge is 0.436 e. The number of amides is 2. The molecule has 1 aromatic heterocycles. The Morgan fingerprint density at radius 3 is 2.50 bits per heavy atom. The zero-order chi connectivity index (χ0) is 23.1. The van der Waals surface area contributed by atoms with Crippen molar-refractivity contribution in [2.24, 2.45) is 5.92 Å². The van der Waals surface area contributed by atoms with Crippen molar-refractivity contribution in [1.29, 1.82) is 0 Å².